The summed E-state index contributed by atoms with van der Waals surface area (Å²) in [6, 6.07) is 3.40. The van der Waals surface area contributed by atoms with Gasteiger partial charge >= 0.3 is 0 Å². The Bertz CT molecular complexity index is 397. The fourth-order valence-corrected chi connectivity index (χ4v) is 1.37. The van der Waals surface area contributed by atoms with Gasteiger partial charge in [-0.05, 0) is 19.1 Å². The fraction of sp³-hybridized carbons (Fsp3) is 0.538. The van der Waals surface area contributed by atoms with Gasteiger partial charge in [0.15, 0.2) is 6.29 Å². The number of ether oxygens (including phenoxy) is 3. The molecule has 19 heavy (non-hydrogen) atoms. The van der Waals surface area contributed by atoms with Crippen molar-refractivity contribution in [3.8, 4) is 5.75 Å². The molecule has 6 heteroatoms. The Morgan fingerprint density at radius 2 is 2.16 bits per heavy atom. The van der Waals surface area contributed by atoms with Gasteiger partial charge in [0.2, 0.25) is 0 Å². The first kappa shape index (κ1) is 15.6. The minimum Gasteiger partial charge on any atom is -0.488 e. The molecular weight excluding hydrogens is 250 g/mol. The molecule has 0 radical (unpaired) electrons. The van der Waals surface area contributed by atoms with Crippen molar-refractivity contribution < 1.29 is 24.1 Å². The van der Waals surface area contributed by atoms with Crippen molar-refractivity contribution >= 4 is 6.29 Å². The van der Waals surface area contributed by atoms with Gasteiger partial charge in [-0.3, -0.25) is 4.79 Å². The maximum atomic E-state index is 10.8. The minimum absolute atomic E-state index is 0.0402. The molecule has 1 rings (SSSR count). The lowest BCUT2D eigenvalue weighted by atomic mass is 10.3. The molecule has 0 spiro atoms. The van der Waals surface area contributed by atoms with Crippen molar-refractivity contribution in [2.75, 3.05) is 33.5 Å². The number of hydrogen-bond acceptors (Lipinski definition) is 6. The van der Waals surface area contributed by atoms with E-state index in [4.69, 9.17) is 14.2 Å². The van der Waals surface area contributed by atoms with Crippen molar-refractivity contribution in [2.24, 2.45) is 0 Å². The topological polar surface area (TPSA) is 77.9 Å². The standard InChI is InChI=1S/C13H19NO5/c1-10-3-4-13(12(7-15)14-10)19-9-11(16)8-18-6-5-17-2/h3-4,7,11,16H,5-6,8-9H2,1-2H3. The molecule has 6 nitrogen and oxygen atoms in total. The molecule has 106 valence electrons. The maximum Gasteiger partial charge on any atom is 0.172 e. The molecule has 0 saturated heterocycles. The van der Waals surface area contributed by atoms with E-state index < -0.39 is 6.10 Å². The molecule has 0 aliphatic carbocycles. The Morgan fingerprint density at radius 1 is 1.37 bits per heavy atom. The average Bonchev–Trinajstić information content (AvgIpc) is 2.42. The number of aliphatic hydroxyl groups is 1. The van der Waals surface area contributed by atoms with Crippen LogP contribution in [-0.2, 0) is 9.47 Å². The van der Waals surface area contributed by atoms with Crippen LogP contribution in [0.5, 0.6) is 5.75 Å². The second kappa shape index (κ2) is 8.58. The highest BCUT2D eigenvalue weighted by molar-refractivity contribution is 5.76. The number of aldehydes is 1. The normalized spacial score (nSPS) is 12.2. The lowest BCUT2D eigenvalue weighted by Crippen LogP contribution is -2.24. The summed E-state index contributed by atoms with van der Waals surface area (Å²) >= 11 is 0. The molecule has 0 aliphatic rings. The van der Waals surface area contributed by atoms with E-state index in [1.54, 1.807) is 26.2 Å². The summed E-state index contributed by atoms with van der Waals surface area (Å²) in [7, 11) is 1.58. The summed E-state index contributed by atoms with van der Waals surface area (Å²) in [6.07, 6.45) is -0.137. The van der Waals surface area contributed by atoms with Crippen LogP contribution in [-0.4, -0.2) is 56.0 Å². The molecule has 1 N–H and O–H groups in total. The van der Waals surface area contributed by atoms with E-state index in [1.807, 2.05) is 0 Å². The Morgan fingerprint density at radius 3 is 2.84 bits per heavy atom. The van der Waals surface area contributed by atoms with E-state index in [2.05, 4.69) is 4.98 Å². The van der Waals surface area contributed by atoms with Gasteiger partial charge in [-0.2, -0.15) is 0 Å². The number of pyridine rings is 1. The van der Waals surface area contributed by atoms with Gasteiger partial charge in [0, 0.05) is 12.8 Å². The molecule has 0 fully saturated rings. The number of methoxy groups -OCH3 is 1. The Hall–Kier alpha value is -1.50. The molecule has 1 aromatic heterocycles. The minimum atomic E-state index is -0.766. The smallest absolute Gasteiger partial charge is 0.172 e. The Balaban J connectivity index is 2.37. The molecule has 1 aromatic rings. The summed E-state index contributed by atoms with van der Waals surface area (Å²) in [5.74, 6) is 0.358. The second-order valence-electron chi connectivity index (χ2n) is 3.99. The van der Waals surface area contributed by atoms with Crippen LogP contribution in [0, 0.1) is 6.92 Å². The molecule has 0 saturated carbocycles. The first-order valence-corrected chi connectivity index (χ1v) is 5.97. The molecule has 1 atom stereocenters. The predicted molar refractivity (Wildman–Crippen MR) is 68.6 cm³/mol. The van der Waals surface area contributed by atoms with Crippen molar-refractivity contribution in [1.29, 1.82) is 0 Å². The third-order valence-corrected chi connectivity index (χ3v) is 2.31. The monoisotopic (exact) mass is 269 g/mol. The van der Waals surface area contributed by atoms with Gasteiger partial charge < -0.3 is 19.3 Å². The molecular formula is C13H19NO5. The van der Waals surface area contributed by atoms with Crippen LogP contribution in [0.3, 0.4) is 0 Å². The Kier molecular flexibility index (Phi) is 7.02. The molecule has 1 heterocycles. The third kappa shape index (κ3) is 5.78. The predicted octanol–water partition coefficient (Wildman–Crippen LogP) is 0.605. The second-order valence-corrected chi connectivity index (χ2v) is 3.99. The van der Waals surface area contributed by atoms with Crippen LogP contribution in [0.25, 0.3) is 0 Å². The quantitative estimate of drug-likeness (QED) is 0.522. The van der Waals surface area contributed by atoms with Crippen LogP contribution in [0.2, 0.25) is 0 Å². The average molecular weight is 269 g/mol. The van der Waals surface area contributed by atoms with Crippen LogP contribution in [0.15, 0.2) is 12.1 Å². The molecule has 0 aromatic carbocycles. The Labute approximate surface area is 112 Å². The summed E-state index contributed by atoms with van der Waals surface area (Å²) < 4.78 is 15.3. The molecule has 0 amide bonds. The molecule has 0 bridgehead atoms. The highest BCUT2D eigenvalue weighted by Gasteiger charge is 2.09. The zero-order chi connectivity index (χ0) is 14.1. The summed E-state index contributed by atoms with van der Waals surface area (Å²) in [4.78, 5) is 14.9. The molecule has 0 aliphatic heterocycles. The highest BCUT2D eigenvalue weighted by atomic mass is 16.5. The highest BCUT2D eigenvalue weighted by Crippen LogP contribution is 2.15. The number of hydrogen-bond donors (Lipinski definition) is 1. The lowest BCUT2D eigenvalue weighted by Gasteiger charge is -2.13. The van der Waals surface area contributed by atoms with Crippen molar-refractivity contribution in [3.63, 3.8) is 0 Å². The van der Waals surface area contributed by atoms with Crippen LogP contribution < -0.4 is 4.74 Å². The number of aryl methyl sites for hydroxylation is 1. The van der Waals surface area contributed by atoms with Gasteiger partial charge in [-0.15, -0.1) is 0 Å². The van der Waals surface area contributed by atoms with Crippen molar-refractivity contribution in [1.82, 2.24) is 4.98 Å². The van der Waals surface area contributed by atoms with Gasteiger partial charge in [0.25, 0.3) is 0 Å². The number of nitrogens with zero attached hydrogens (tertiary/aromatic N) is 1. The number of carbonyl (C=O) groups excluding carboxylic acids is 1. The van der Waals surface area contributed by atoms with Gasteiger partial charge in [-0.25, -0.2) is 4.98 Å². The van der Waals surface area contributed by atoms with E-state index in [0.717, 1.165) is 5.69 Å². The summed E-state index contributed by atoms with van der Waals surface area (Å²) in [5, 5.41) is 9.63. The summed E-state index contributed by atoms with van der Waals surface area (Å²) in [6.45, 7) is 2.87. The zero-order valence-electron chi connectivity index (χ0n) is 11.2. The van der Waals surface area contributed by atoms with Crippen molar-refractivity contribution in [2.45, 2.75) is 13.0 Å². The number of aromatic nitrogens is 1. The van der Waals surface area contributed by atoms with E-state index in [-0.39, 0.29) is 18.9 Å². The maximum absolute atomic E-state index is 10.8. The first-order chi connectivity index (χ1) is 9.17. The first-order valence-electron chi connectivity index (χ1n) is 5.97. The van der Waals surface area contributed by atoms with E-state index in [9.17, 15) is 9.90 Å². The summed E-state index contributed by atoms with van der Waals surface area (Å²) in [5.41, 5.74) is 0.963. The van der Waals surface area contributed by atoms with Crippen LogP contribution in [0.1, 0.15) is 16.2 Å². The van der Waals surface area contributed by atoms with Gasteiger partial charge in [0.05, 0.1) is 19.8 Å². The largest absolute Gasteiger partial charge is 0.488 e. The number of rotatable bonds is 9. The SMILES string of the molecule is COCCOCC(O)COc1ccc(C)nc1C=O. The van der Waals surface area contributed by atoms with Gasteiger partial charge in [-0.1, -0.05) is 0 Å². The third-order valence-electron chi connectivity index (χ3n) is 2.31. The van der Waals surface area contributed by atoms with Gasteiger partial charge in [0.1, 0.15) is 24.2 Å². The van der Waals surface area contributed by atoms with E-state index >= 15 is 0 Å². The molecule has 1 unspecified atom stereocenters. The van der Waals surface area contributed by atoms with Crippen LogP contribution in [0.4, 0.5) is 0 Å². The fourth-order valence-electron chi connectivity index (χ4n) is 1.37. The number of aliphatic hydroxyl groups excluding tert-OH is 1. The van der Waals surface area contributed by atoms with Crippen LogP contribution >= 0.6 is 0 Å². The zero-order valence-corrected chi connectivity index (χ0v) is 11.2. The number of carbonyl (C=O) groups is 1. The van der Waals surface area contributed by atoms with E-state index in [1.165, 1.54) is 0 Å². The lowest BCUT2D eigenvalue weighted by molar-refractivity contribution is -0.00432. The van der Waals surface area contributed by atoms with E-state index in [0.29, 0.717) is 25.2 Å². The van der Waals surface area contributed by atoms with Crippen molar-refractivity contribution in [3.05, 3.63) is 23.5 Å².